The number of hydrogen-bond acceptors (Lipinski definition) is 7. The number of nitrogens with zero attached hydrogens (tertiary/aromatic N) is 3. The van der Waals surface area contributed by atoms with Gasteiger partial charge in [-0.1, -0.05) is 13.0 Å². The van der Waals surface area contributed by atoms with Gasteiger partial charge in [-0.05, 0) is 78.2 Å². The van der Waals surface area contributed by atoms with Crippen molar-refractivity contribution in [3.8, 4) is 11.5 Å². The highest BCUT2D eigenvalue weighted by molar-refractivity contribution is 7.93. The molecule has 3 aromatic carbocycles. The number of benzene rings is 3. The van der Waals surface area contributed by atoms with E-state index in [2.05, 4.69) is 4.90 Å². The first-order valence-electron chi connectivity index (χ1n) is 14.6. The lowest BCUT2D eigenvalue weighted by Gasteiger charge is -2.33. The normalized spacial score (nSPS) is 15.3. The molecule has 0 aromatic heterocycles. The summed E-state index contributed by atoms with van der Waals surface area (Å²) in [6.07, 6.45) is 2.85. The fraction of sp³-hybridized carbons (Fsp3) is 0.344. The van der Waals surface area contributed by atoms with Crippen LogP contribution < -0.4 is 19.5 Å². The van der Waals surface area contributed by atoms with E-state index in [4.69, 9.17) is 26.0 Å². The highest BCUT2D eigenvalue weighted by Gasteiger charge is 2.33. The zero-order chi connectivity index (χ0) is 31.4. The summed E-state index contributed by atoms with van der Waals surface area (Å²) < 4.78 is 40.6. The lowest BCUT2D eigenvalue weighted by atomic mass is 9.99. The van der Waals surface area contributed by atoms with E-state index >= 15 is 0 Å². The second-order valence-electron chi connectivity index (χ2n) is 10.9. The minimum atomic E-state index is -4.36. The largest absolute Gasteiger partial charge is 0.497 e. The van der Waals surface area contributed by atoms with Gasteiger partial charge < -0.3 is 25.0 Å². The number of hydrogen-bond donors (Lipinski definition) is 3. The van der Waals surface area contributed by atoms with Gasteiger partial charge in [-0.3, -0.25) is 15.6 Å². The molecule has 44 heavy (non-hydrogen) atoms. The number of sulfonamides is 1. The molecule has 4 N–H and O–H groups in total. The number of rotatable bonds is 8. The number of amides is 1. The molecule has 0 bridgehead atoms. The number of ether oxygens (including phenoxy) is 2. The first-order chi connectivity index (χ1) is 21.1. The monoisotopic (exact) mass is 618 g/mol. The van der Waals surface area contributed by atoms with Crippen LogP contribution in [0.25, 0.3) is 0 Å². The van der Waals surface area contributed by atoms with Crippen molar-refractivity contribution in [1.82, 2.24) is 9.80 Å². The molecule has 2 heterocycles. The number of amidine groups is 1. The van der Waals surface area contributed by atoms with Gasteiger partial charge in [0.2, 0.25) is 0 Å². The maximum Gasteiger partial charge on any atom is 0.272 e. The second kappa shape index (κ2) is 13.0. The second-order valence-corrected chi connectivity index (χ2v) is 12.7. The lowest BCUT2D eigenvalue weighted by Crippen LogP contribution is -2.41. The Kier molecular flexibility index (Phi) is 9.09. The lowest BCUT2D eigenvalue weighted by molar-refractivity contribution is 0.100. The minimum absolute atomic E-state index is 0.0309. The Morgan fingerprint density at radius 3 is 2.20 bits per heavy atom. The van der Waals surface area contributed by atoms with Crippen LogP contribution >= 0.6 is 0 Å². The molecule has 0 aliphatic carbocycles. The van der Waals surface area contributed by atoms with Crippen LogP contribution in [-0.2, 0) is 23.0 Å². The average Bonchev–Trinajstić information content (AvgIpc) is 3.04. The molecule has 11 nitrogen and oxygen atoms in total. The summed E-state index contributed by atoms with van der Waals surface area (Å²) in [6.45, 7) is 4.40. The molecule has 1 saturated heterocycles. The van der Waals surface area contributed by atoms with Crippen LogP contribution in [0.15, 0.2) is 71.6 Å². The highest BCUT2D eigenvalue weighted by Crippen LogP contribution is 2.31. The molecule has 232 valence electrons. The van der Waals surface area contributed by atoms with Crippen molar-refractivity contribution in [2.75, 3.05) is 31.0 Å². The van der Waals surface area contributed by atoms with Crippen molar-refractivity contribution < 1.29 is 22.7 Å². The number of carbonyl (C=O) groups is 1. The molecule has 2 aliphatic rings. The first-order valence-corrected chi connectivity index (χ1v) is 16.1. The molecule has 2 aliphatic heterocycles. The number of carbonyl (C=O) groups excluding carboxylic acids is 1. The zero-order valence-electron chi connectivity index (χ0n) is 25.0. The Balaban J connectivity index is 1.43. The van der Waals surface area contributed by atoms with Gasteiger partial charge in [-0.15, -0.1) is 0 Å². The number of nitrogens with two attached hydrogens (primary N) is 1. The van der Waals surface area contributed by atoms with E-state index < -0.39 is 15.9 Å². The van der Waals surface area contributed by atoms with Gasteiger partial charge >= 0.3 is 0 Å². The van der Waals surface area contributed by atoms with Gasteiger partial charge in [0.25, 0.3) is 15.9 Å². The van der Waals surface area contributed by atoms with Crippen LogP contribution in [0.2, 0.25) is 0 Å². The number of anilines is 1. The van der Waals surface area contributed by atoms with Crippen molar-refractivity contribution in [2.24, 2.45) is 5.73 Å². The van der Waals surface area contributed by atoms with E-state index in [1.807, 2.05) is 13.0 Å². The zero-order valence-corrected chi connectivity index (χ0v) is 25.8. The van der Waals surface area contributed by atoms with Crippen LogP contribution in [0.3, 0.4) is 0 Å². The average molecular weight is 619 g/mol. The van der Waals surface area contributed by atoms with Crippen LogP contribution in [-0.4, -0.2) is 68.8 Å². The SMILES string of the molecule is CCC(=N)N1CCC(Oc2ccc(S(=O)(=O)N(C(=O)c3ccc(OC)cc3)c3ccc4c(c3)CN(C(=N)N)CC4)cc2)CC1. The predicted molar refractivity (Wildman–Crippen MR) is 169 cm³/mol. The topological polar surface area (TPSA) is 153 Å². The summed E-state index contributed by atoms with van der Waals surface area (Å²) in [5.41, 5.74) is 7.92. The summed E-state index contributed by atoms with van der Waals surface area (Å²) in [7, 11) is -2.84. The number of guanidine groups is 1. The molecule has 1 fully saturated rings. The van der Waals surface area contributed by atoms with Crippen molar-refractivity contribution in [3.05, 3.63) is 83.4 Å². The number of piperidine rings is 1. The Morgan fingerprint density at radius 2 is 1.59 bits per heavy atom. The minimum Gasteiger partial charge on any atom is -0.497 e. The Bertz CT molecular complexity index is 1630. The predicted octanol–water partition coefficient (Wildman–Crippen LogP) is 4.21. The Hall–Kier alpha value is -4.58. The molecule has 12 heteroatoms. The molecule has 1 amide bonds. The van der Waals surface area contributed by atoms with Crippen molar-refractivity contribution in [2.45, 2.75) is 50.2 Å². The summed E-state index contributed by atoms with van der Waals surface area (Å²) in [4.78, 5) is 17.6. The van der Waals surface area contributed by atoms with Crippen LogP contribution in [0.1, 0.15) is 47.7 Å². The molecule has 0 radical (unpaired) electrons. The summed E-state index contributed by atoms with van der Waals surface area (Å²) >= 11 is 0. The fourth-order valence-electron chi connectivity index (χ4n) is 5.55. The van der Waals surface area contributed by atoms with E-state index in [1.165, 1.54) is 31.4 Å². The Morgan fingerprint density at radius 1 is 0.932 bits per heavy atom. The third-order valence-corrected chi connectivity index (χ3v) is 9.85. The molecule has 0 saturated carbocycles. The summed E-state index contributed by atoms with van der Waals surface area (Å²) in [5.74, 6) is 0.935. The summed E-state index contributed by atoms with van der Waals surface area (Å²) in [6, 6.07) is 17.6. The molecule has 0 spiro atoms. The standard InChI is InChI=1S/C32H38N6O5S/c1-3-30(33)36-18-15-28(16-19-36)43-27-10-12-29(13-11-27)44(40,41)38(31(39)23-5-8-26(42-2)9-6-23)25-7-4-22-14-17-37(32(34)35)21-24(22)20-25/h4-13,20,28,33H,3,14-19,21H2,1-2H3,(H3,34,35). The molecule has 5 rings (SSSR count). The van der Waals surface area contributed by atoms with E-state index in [0.29, 0.717) is 43.3 Å². The highest BCUT2D eigenvalue weighted by atomic mass is 32.2. The van der Waals surface area contributed by atoms with Crippen molar-refractivity contribution >= 4 is 33.4 Å². The molecular weight excluding hydrogens is 580 g/mol. The quantitative estimate of drug-likeness (QED) is 0.251. The maximum atomic E-state index is 14.2. The van der Waals surface area contributed by atoms with Gasteiger partial charge in [0.1, 0.15) is 17.6 Å². The van der Waals surface area contributed by atoms with Gasteiger partial charge in [0.05, 0.1) is 23.5 Å². The first kappa shape index (κ1) is 30.9. The van der Waals surface area contributed by atoms with Crippen LogP contribution in [0.5, 0.6) is 11.5 Å². The fourth-order valence-corrected chi connectivity index (χ4v) is 6.95. The van der Waals surface area contributed by atoms with Gasteiger partial charge in [0, 0.05) is 51.0 Å². The van der Waals surface area contributed by atoms with Gasteiger partial charge in [0.15, 0.2) is 5.96 Å². The van der Waals surface area contributed by atoms with Crippen molar-refractivity contribution in [3.63, 3.8) is 0 Å². The van der Waals surface area contributed by atoms with E-state index in [9.17, 15) is 13.2 Å². The van der Waals surface area contributed by atoms with Gasteiger partial charge in [-0.2, -0.15) is 4.31 Å². The molecular formula is C32H38N6O5S. The maximum absolute atomic E-state index is 14.2. The Labute approximate surface area is 258 Å². The van der Waals surface area contributed by atoms with E-state index in [-0.39, 0.29) is 28.2 Å². The van der Waals surface area contributed by atoms with Crippen LogP contribution in [0, 0.1) is 10.8 Å². The third-order valence-electron chi connectivity index (χ3n) is 8.12. The number of fused-ring (bicyclic) bond motifs is 1. The number of likely N-dealkylation sites (tertiary alicyclic amines) is 1. The summed E-state index contributed by atoms with van der Waals surface area (Å²) in [5, 5.41) is 15.9. The number of methoxy groups -OCH3 is 1. The van der Waals surface area contributed by atoms with E-state index in [0.717, 1.165) is 41.4 Å². The molecule has 0 atom stereocenters. The smallest absolute Gasteiger partial charge is 0.272 e. The third kappa shape index (κ3) is 6.49. The van der Waals surface area contributed by atoms with Crippen LogP contribution in [0.4, 0.5) is 5.69 Å². The van der Waals surface area contributed by atoms with E-state index in [1.54, 1.807) is 41.3 Å². The van der Waals surface area contributed by atoms with Gasteiger partial charge in [-0.25, -0.2) is 8.42 Å². The van der Waals surface area contributed by atoms with Crippen molar-refractivity contribution in [1.29, 1.82) is 10.8 Å². The number of nitrogens with one attached hydrogen (secondary N) is 2. The molecule has 0 unspecified atom stereocenters. The molecule has 3 aromatic rings.